The lowest BCUT2D eigenvalue weighted by molar-refractivity contribution is -0.204. The van der Waals surface area contributed by atoms with Crippen LogP contribution in [0.5, 0.6) is 0 Å². The molecule has 0 amide bonds. The Morgan fingerprint density at radius 2 is 1.76 bits per heavy atom. The summed E-state index contributed by atoms with van der Waals surface area (Å²) in [7, 11) is -16.8. The minimum Gasteiger partial charge on any atom is -0.351 e. The van der Waals surface area contributed by atoms with Crippen LogP contribution in [-0.2, 0) is 31.6 Å². The van der Waals surface area contributed by atoms with E-state index in [2.05, 4.69) is 18.1 Å². The van der Waals surface area contributed by atoms with Crippen LogP contribution in [0.15, 0.2) is 12.3 Å². The summed E-state index contributed by atoms with van der Waals surface area (Å²) >= 11 is 9.72. The van der Waals surface area contributed by atoms with Crippen molar-refractivity contribution in [1.82, 2.24) is 9.55 Å². The summed E-state index contributed by atoms with van der Waals surface area (Å²) in [5.41, 5.74) is 0. The molecule has 1 aromatic rings. The maximum atomic E-state index is 13.7. The number of hydrogen-bond acceptors (Lipinski definition) is 10. The highest BCUT2D eigenvalue weighted by atomic mass is 32.1. The maximum Gasteiger partial charge on any atom is 0.490 e. The Kier molecular flexibility index (Phi) is 9.61. The first kappa shape index (κ1) is 26.8. The molecule has 1 rings (SSSR count). The summed E-state index contributed by atoms with van der Waals surface area (Å²) in [5, 5.41) is 10.00. The van der Waals surface area contributed by atoms with Crippen LogP contribution in [0.3, 0.4) is 0 Å². The average Bonchev–Trinajstić information content (AvgIpc) is 2.47. The second kappa shape index (κ2) is 10.4. The Hall–Kier alpha value is -0.220. The Bertz CT molecular complexity index is 962. The number of rotatable bonds is 11. The van der Waals surface area contributed by atoms with Crippen LogP contribution in [0.2, 0.25) is 0 Å². The zero-order valence-electron chi connectivity index (χ0n) is 14.2. The van der Waals surface area contributed by atoms with E-state index in [0.29, 0.717) is 0 Å². The summed E-state index contributed by atoms with van der Waals surface area (Å²) < 4.78 is 64.5. The summed E-state index contributed by atoms with van der Waals surface area (Å²) in [6, 6.07) is 1.33. The molecule has 1 heterocycles. The Morgan fingerprint density at radius 3 is 2.24 bits per heavy atom. The number of hydrogen-bond donors (Lipinski definition) is 6. The molecule has 20 heteroatoms. The zero-order valence-corrected chi connectivity index (χ0v) is 18.5. The minimum absolute atomic E-state index is 0.0943. The number of nitrogens with one attached hydrogen (secondary N) is 1. The van der Waals surface area contributed by atoms with E-state index in [4.69, 9.17) is 43.9 Å². The van der Waals surface area contributed by atoms with Gasteiger partial charge in [-0.3, -0.25) is 9.09 Å². The number of alkyl halides is 1. The third-order valence-electron chi connectivity index (χ3n) is 2.72. The van der Waals surface area contributed by atoms with E-state index in [0.717, 1.165) is 11.5 Å². The van der Waals surface area contributed by atoms with Gasteiger partial charge in [0.05, 0.1) is 6.61 Å². The lowest BCUT2D eigenvalue weighted by atomic mass is 10.3. The first-order chi connectivity index (χ1) is 13.0. The third-order valence-corrected chi connectivity index (χ3v) is 7.07. The molecule has 0 radical (unpaired) electrons. The van der Waals surface area contributed by atoms with Crippen molar-refractivity contribution in [2.45, 2.75) is 25.6 Å². The molecule has 2 unspecified atom stereocenters. The topological polar surface area (TPSA) is 210 Å². The fraction of sp³-hybridized carbons (Fsp3) is 0.556. The molecule has 0 bridgehead atoms. The van der Waals surface area contributed by atoms with Gasteiger partial charge in [0.15, 0.2) is 4.77 Å². The molecule has 0 spiro atoms. The first-order valence-electron chi connectivity index (χ1n) is 7.09. The number of H-pyrrole nitrogens is 1. The van der Waals surface area contributed by atoms with Crippen LogP contribution >= 0.6 is 47.9 Å². The number of aliphatic hydroxyl groups excluding tert-OH is 1. The van der Waals surface area contributed by atoms with Crippen molar-refractivity contribution in [1.29, 1.82) is 0 Å². The van der Waals surface area contributed by atoms with Gasteiger partial charge in [-0.05, 0) is 25.2 Å². The SMILES string of the molecule is C[C@@H](F)[C@@H](COP(=O)(O)OP(=O)(O)OP(=O)(O)O)O[C@H](O)n1ccc(=S)[nH]c1=S. The van der Waals surface area contributed by atoms with Gasteiger partial charge >= 0.3 is 23.5 Å². The first-order valence-corrected chi connectivity index (χ1v) is 12.4. The van der Waals surface area contributed by atoms with Crippen molar-refractivity contribution in [3.8, 4) is 0 Å². The van der Waals surface area contributed by atoms with Gasteiger partial charge in [0.1, 0.15) is 16.9 Å². The molecule has 1 aromatic heterocycles. The predicted octanol–water partition coefficient (Wildman–Crippen LogP) is 1.81. The van der Waals surface area contributed by atoms with E-state index in [1.807, 2.05) is 0 Å². The van der Waals surface area contributed by atoms with E-state index in [9.17, 15) is 28.1 Å². The number of ether oxygens (including phenoxy) is 1. The Balaban J connectivity index is 2.82. The summed E-state index contributed by atoms with van der Waals surface area (Å²) in [6.45, 7) is -0.163. The number of phosphoric acid groups is 3. The quantitative estimate of drug-likeness (QED) is 0.140. The molecule has 168 valence electrons. The van der Waals surface area contributed by atoms with Crippen LogP contribution in [0.4, 0.5) is 4.39 Å². The fourth-order valence-corrected chi connectivity index (χ4v) is 5.09. The summed E-state index contributed by atoms with van der Waals surface area (Å²) in [5.74, 6) is 0. The molecule has 0 aliphatic carbocycles. The van der Waals surface area contributed by atoms with Crippen LogP contribution in [0.1, 0.15) is 13.3 Å². The van der Waals surface area contributed by atoms with Crippen molar-refractivity contribution in [3.63, 3.8) is 0 Å². The van der Waals surface area contributed by atoms with Crippen molar-refractivity contribution in [3.05, 3.63) is 21.7 Å². The highest BCUT2D eigenvalue weighted by Gasteiger charge is 2.41. The van der Waals surface area contributed by atoms with Crippen molar-refractivity contribution in [2.24, 2.45) is 0 Å². The van der Waals surface area contributed by atoms with E-state index in [1.165, 1.54) is 12.3 Å². The van der Waals surface area contributed by atoms with Gasteiger partial charge < -0.3 is 34.4 Å². The predicted molar refractivity (Wildman–Crippen MR) is 97.0 cm³/mol. The zero-order chi connectivity index (χ0) is 22.6. The number of phosphoric ester groups is 1. The molecule has 0 aromatic carbocycles. The normalized spacial score (nSPS) is 19.7. The lowest BCUT2D eigenvalue weighted by Gasteiger charge is -2.24. The van der Waals surface area contributed by atoms with E-state index in [-0.39, 0.29) is 9.41 Å². The van der Waals surface area contributed by atoms with Crippen LogP contribution in [0, 0.1) is 9.41 Å². The highest BCUT2D eigenvalue weighted by Crippen LogP contribution is 2.66. The number of aliphatic hydroxyl groups is 1. The number of aromatic amines is 1. The van der Waals surface area contributed by atoms with E-state index < -0.39 is 48.8 Å². The monoisotopic (exact) mass is 520 g/mol. The van der Waals surface area contributed by atoms with Crippen molar-refractivity contribution < 1.29 is 60.6 Å². The second-order valence-corrected chi connectivity index (χ2v) is 10.3. The number of nitrogens with zero attached hydrogens (tertiary/aromatic N) is 1. The van der Waals surface area contributed by atoms with E-state index >= 15 is 0 Å². The molecule has 0 fully saturated rings. The molecule has 0 saturated heterocycles. The molecule has 5 atom stereocenters. The van der Waals surface area contributed by atoms with Crippen LogP contribution < -0.4 is 0 Å². The standard InChI is InChI=1S/C9H16FN2O12P3S2/c1-5(10)6(22-9(13)12-3-2-7(28)11-8(12)29)4-21-26(17,18)24-27(19,20)23-25(14,15)16/h2-3,5-6,9,13H,4H2,1H3,(H,17,18)(H,19,20)(H,11,28,29)(H2,14,15,16)/t5-,6-,9+/m1/s1. The molecular weight excluding hydrogens is 504 g/mol. The van der Waals surface area contributed by atoms with Gasteiger partial charge in [-0.25, -0.2) is 18.1 Å². The highest BCUT2D eigenvalue weighted by molar-refractivity contribution is 7.72. The maximum absolute atomic E-state index is 13.7. The molecule has 0 saturated carbocycles. The average molecular weight is 520 g/mol. The second-order valence-electron chi connectivity index (χ2n) is 5.08. The van der Waals surface area contributed by atoms with Gasteiger partial charge in [-0.15, -0.1) is 0 Å². The van der Waals surface area contributed by atoms with Gasteiger partial charge in [0.25, 0.3) is 0 Å². The molecule has 0 aliphatic rings. The molecule has 14 nitrogen and oxygen atoms in total. The van der Waals surface area contributed by atoms with Crippen LogP contribution in [0.25, 0.3) is 0 Å². The Morgan fingerprint density at radius 1 is 1.17 bits per heavy atom. The largest absolute Gasteiger partial charge is 0.490 e. The molecule has 29 heavy (non-hydrogen) atoms. The van der Waals surface area contributed by atoms with E-state index in [1.54, 1.807) is 0 Å². The van der Waals surface area contributed by atoms with Crippen molar-refractivity contribution in [2.75, 3.05) is 6.61 Å². The van der Waals surface area contributed by atoms with Gasteiger partial charge in [-0.1, -0.05) is 12.2 Å². The van der Waals surface area contributed by atoms with Crippen LogP contribution in [-0.4, -0.2) is 53.1 Å². The molecule has 0 aliphatic heterocycles. The lowest BCUT2D eigenvalue weighted by Crippen LogP contribution is -2.32. The summed E-state index contributed by atoms with van der Waals surface area (Å²) in [6.07, 6.45) is -4.30. The fourth-order valence-electron chi connectivity index (χ4n) is 1.57. The minimum atomic E-state index is -5.72. The summed E-state index contributed by atoms with van der Waals surface area (Å²) in [4.78, 5) is 37.8. The Labute approximate surface area is 172 Å². The van der Waals surface area contributed by atoms with Crippen molar-refractivity contribution >= 4 is 47.9 Å². The third kappa shape index (κ3) is 10.1. The van der Waals surface area contributed by atoms with Gasteiger partial charge in [-0.2, -0.15) is 8.62 Å². The van der Waals surface area contributed by atoms with Gasteiger partial charge in [0, 0.05) is 6.20 Å². The number of halogens is 1. The smallest absolute Gasteiger partial charge is 0.351 e. The molecule has 6 N–H and O–H groups in total. The van der Waals surface area contributed by atoms with Gasteiger partial charge in [0.2, 0.25) is 6.41 Å². The number of aromatic nitrogens is 2. The molecular formula is C9H16FN2O12P3S2.